The van der Waals surface area contributed by atoms with Gasteiger partial charge in [-0.25, -0.2) is 13.2 Å². The predicted molar refractivity (Wildman–Crippen MR) is 40.7 cm³/mol. The minimum Gasteiger partial charge on any atom is -0.507 e. The molecular formula is C7H4BrF3O. The molecule has 66 valence electrons. The number of halogens is 4. The molecule has 0 radical (unpaired) electrons. The van der Waals surface area contributed by atoms with Crippen molar-refractivity contribution >= 4 is 15.9 Å². The van der Waals surface area contributed by atoms with E-state index in [0.29, 0.717) is 6.07 Å². The fourth-order valence-corrected chi connectivity index (χ4v) is 1.38. The minimum atomic E-state index is -2.82. The molecule has 1 aromatic carbocycles. The molecule has 0 bridgehead atoms. The van der Waals surface area contributed by atoms with Gasteiger partial charge in [0.1, 0.15) is 11.6 Å². The van der Waals surface area contributed by atoms with Crippen LogP contribution in [0.25, 0.3) is 0 Å². The molecular weight excluding hydrogens is 237 g/mol. The summed E-state index contributed by atoms with van der Waals surface area (Å²) in [6, 6.07) is 1.52. The van der Waals surface area contributed by atoms with Crippen LogP contribution in [-0.4, -0.2) is 5.11 Å². The van der Waals surface area contributed by atoms with Crippen molar-refractivity contribution in [3.63, 3.8) is 0 Å². The van der Waals surface area contributed by atoms with E-state index >= 15 is 0 Å². The van der Waals surface area contributed by atoms with Crippen molar-refractivity contribution in [3.8, 4) is 5.75 Å². The van der Waals surface area contributed by atoms with Gasteiger partial charge in [-0.3, -0.25) is 0 Å². The van der Waals surface area contributed by atoms with Gasteiger partial charge in [0.15, 0.2) is 0 Å². The number of hydrogen-bond acceptors (Lipinski definition) is 1. The lowest BCUT2D eigenvalue weighted by atomic mass is 10.2. The molecule has 0 fully saturated rings. The Hall–Kier alpha value is -0.710. The molecule has 0 amide bonds. The number of phenols is 1. The second kappa shape index (κ2) is 3.35. The van der Waals surface area contributed by atoms with Crippen molar-refractivity contribution in [1.29, 1.82) is 0 Å². The van der Waals surface area contributed by atoms with Gasteiger partial charge in [-0.05, 0) is 6.07 Å². The van der Waals surface area contributed by atoms with E-state index in [2.05, 4.69) is 15.9 Å². The Bertz CT molecular complexity index is 278. The van der Waals surface area contributed by atoms with Gasteiger partial charge in [-0.1, -0.05) is 15.9 Å². The Morgan fingerprint density at radius 1 is 1.33 bits per heavy atom. The fraction of sp³-hybridized carbons (Fsp3) is 0.143. The summed E-state index contributed by atoms with van der Waals surface area (Å²) in [5.74, 6) is -1.50. The average Bonchev–Trinajstić information content (AvgIpc) is 1.82. The SMILES string of the molecule is Oc1cc(F)cc(Br)c1C(F)F. The molecule has 1 rings (SSSR count). The zero-order chi connectivity index (χ0) is 9.30. The first kappa shape index (κ1) is 9.38. The largest absolute Gasteiger partial charge is 0.507 e. The lowest BCUT2D eigenvalue weighted by Gasteiger charge is -2.05. The van der Waals surface area contributed by atoms with Crippen LogP contribution < -0.4 is 0 Å². The standard InChI is InChI=1S/C7H4BrF3O/c8-4-1-3(9)2-5(12)6(4)7(10)11/h1-2,7,12H. The van der Waals surface area contributed by atoms with Crippen molar-refractivity contribution in [2.24, 2.45) is 0 Å². The van der Waals surface area contributed by atoms with Crippen LogP contribution in [0.1, 0.15) is 12.0 Å². The van der Waals surface area contributed by atoms with E-state index in [-0.39, 0.29) is 4.47 Å². The molecule has 1 aromatic rings. The topological polar surface area (TPSA) is 20.2 Å². The zero-order valence-electron chi connectivity index (χ0n) is 5.69. The molecule has 0 atom stereocenters. The van der Waals surface area contributed by atoms with Crippen molar-refractivity contribution in [3.05, 3.63) is 28.0 Å². The Kier molecular flexibility index (Phi) is 2.62. The summed E-state index contributed by atoms with van der Waals surface area (Å²) in [5.41, 5.74) is -0.587. The second-order valence-corrected chi connectivity index (χ2v) is 2.98. The number of alkyl halides is 2. The van der Waals surface area contributed by atoms with Gasteiger partial charge in [0.25, 0.3) is 6.43 Å². The predicted octanol–water partition coefficient (Wildman–Crippen LogP) is 3.23. The summed E-state index contributed by atoms with van der Waals surface area (Å²) < 4.78 is 36.5. The lowest BCUT2D eigenvalue weighted by molar-refractivity contribution is 0.146. The zero-order valence-corrected chi connectivity index (χ0v) is 7.28. The van der Waals surface area contributed by atoms with E-state index in [1.54, 1.807) is 0 Å². The fourth-order valence-electron chi connectivity index (χ4n) is 0.787. The third-order valence-corrected chi connectivity index (χ3v) is 1.95. The van der Waals surface area contributed by atoms with Gasteiger partial charge < -0.3 is 5.11 Å². The third kappa shape index (κ3) is 1.72. The molecule has 0 aliphatic heterocycles. The monoisotopic (exact) mass is 240 g/mol. The molecule has 1 N–H and O–H groups in total. The first-order valence-electron chi connectivity index (χ1n) is 2.98. The summed E-state index contributed by atoms with van der Waals surface area (Å²) in [6.45, 7) is 0. The van der Waals surface area contributed by atoms with E-state index in [4.69, 9.17) is 5.11 Å². The molecule has 0 unspecified atom stereocenters. The van der Waals surface area contributed by atoms with Crippen molar-refractivity contribution < 1.29 is 18.3 Å². The van der Waals surface area contributed by atoms with Crippen LogP contribution in [0.4, 0.5) is 13.2 Å². The number of aromatic hydroxyl groups is 1. The van der Waals surface area contributed by atoms with Gasteiger partial charge in [-0.2, -0.15) is 0 Å². The Balaban J connectivity index is 3.28. The molecule has 0 aliphatic carbocycles. The maximum Gasteiger partial charge on any atom is 0.268 e. The molecule has 1 nitrogen and oxygen atoms in total. The maximum atomic E-state index is 12.4. The molecule has 12 heavy (non-hydrogen) atoms. The van der Waals surface area contributed by atoms with Crippen LogP contribution in [0, 0.1) is 5.82 Å². The highest BCUT2D eigenvalue weighted by Crippen LogP contribution is 2.35. The number of hydrogen-bond donors (Lipinski definition) is 1. The third-order valence-electron chi connectivity index (χ3n) is 1.29. The smallest absolute Gasteiger partial charge is 0.268 e. The molecule has 5 heteroatoms. The van der Waals surface area contributed by atoms with E-state index < -0.39 is 23.6 Å². The van der Waals surface area contributed by atoms with Crippen LogP contribution in [0.2, 0.25) is 0 Å². The highest BCUT2D eigenvalue weighted by atomic mass is 79.9. The van der Waals surface area contributed by atoms with Gasteiger partial charge in [-0.15, -0.1) is 0 Å². The molecule has 0 aliphatic rings. The van der Waals surface area contributed by atoms with Crippen molar-refractivity contribution in [2.75, 3.05) is 0 Å². The minimum absolute atomic E-state index is 0.130. The number of benzene rings is 1. The average molecular weight is 241 g/mol. The molecule has 0 saturated heterocycles. The van der Waals surface area contributed by atoms with Gasteiger partial charge in [0.2, 0.25) is 0 Å². The van der Waals surface area contributed by atoms with E-state index in [0.717, 1.165) is 6.07 Å². The first-order chi connectivity index (χ1) is 5.52. The van der Waals surface area contributed by atoms with E-state index in [1.807, 2.05) is 0 Å². The van der Waals surface area contributed by atoms with Crippen molar-refractivity contribution in [2.45, 2.75) is 6.43 Å². The summed E-state index contributed by atoms with van der Waals surface area (Å²) in [6.07, 6.45) is -2.82. The summed E-state index contributed by atoms with van der Waals surface area (Å²) >= 11 is 2.72. The molecule has 0 saturated carbocycles. The Morgan fingerprint density at radius 3 is 2.33 bits per heavy atom. The normalized spacial score (nSPS) is 10.8. The maximum absolute atomic E-state index is 12.4. The van der Waals surface area contributed by atoms with Gasteiger partial charge in [0, 0.05) is 10.5 Å². The summed E-state index contributed by atoms with van der Waals surface area (Å²) in [7, 11) is 0. The van der Waals surface area contributed by atoms with Gasteiger partial charge in [0.05, 0.1) is 5.56 Å². The van der Waals surface area contributed by atoms with Crippen LogP contribution in [0.3, 0.4) is 0 Å². The molecule has 0 heterocycles. The highest BCUT2D eigenvalue weighted by molar-refractivity contribution is 9.10. The van der Waals surface area contributed by atoms with Gasteiger partial charge >= 0.3 is 0 Å². The summed E-state index contributed by atoms with van der Waals surface area (Å²) in [4.78, 5) is 0. The lowest BCUT2D eigenvalue weighted by Crippen LogP contribution is -1.88. The number of rotatable bonds is 1. The second-order valence-electron chi connectivity index (χ2n) is 2.12. The van der Waals surface area contributed by atoms with Crippen molar-refractivity contribution in [1.82, 2.24) is 0 Å². The van der Waals surface area contributed by atoms with Crippen LogP contribution in [0.5, 0.6) is 5.75 Å². The van der Waals surface area contributed by atoms with Crippen LogP contribution in [-0.2, 0) is 0 Å². The molecule has 0 spiro atoms. The summed E-state index contributed by atoms with van der Waals surface area (Å²) in [5, 5.41) is 8.89. The Morgan fingerprint density at radius 2 is 1.92 bits per heavy atom. The molecule has 0 aromatic heterocycles. The quantitative estimate of drug-likeness (QED) is 0.800. The van der Waals surface area contributed by atoms with Crippen LogP contribution in [0.15, 0.2) is 16.6 Å². The van der Waals surface area contributed by atoms with E-state index in [9.17, 15) is 13.2 Å². The Labute approximate surface area is 75.0 Å². The van der Waals surface area contributed by atoms with Crippen LogP contribution >= 0.6 is 15.9 Å². The first-order valence-corrected chi connectivity index (χ1v) is 3.77. The number of phenolic OH excluding ortho intramolecular Hbond substituents is 1. The van der Waals surface area contributed by atoms with E-state index in [1.165, 1.54) is 0 Å². The highest BCUT2D eigenvalue weighted by Gasteiger charge is 2.17.